The molecule has 2 atom stereocenters. The molecule has 1 fully saturated rings. The van der Waals surface area contributed by atoms with Crippen LogP contribution in [0.15, 0.2) is 18.2 Å². The number of alkyl halides is 1. The fourth-order valence-corrected chi connectivity index (χ4v) is 2.84. The first-order valence-electron chi connectivity index (χ1n) is 6.56. The molecule has 0 spiro atoms. The zero-order valence-electron chi connectivity index (χ0n) is 10.8. The van der Waals surface area contributed by atoms with Gasteiger partial charge in [-0.1, -0.05) is 0 Å². The third-order valence-electron chi connectivity index (χ3n) is 3.54. The van der Waals surface area contributed by atoms with Crippen molar-refractivity contribution in [3.05, 3.63) is 29.8 Å². The van der Waals surface area contributed by atoms with Crippen LogP contribution in [0, 0.1) is 5.82 Å². The Labute approximate surface area is 116 Å². The molecule has 3 rings (SSSR count). The quantitative estimate of drug-likeness (QED) is 0.783. The Morgan fingerprint density at radius 3 is 3.05 bits per heavy atom. The van der Waals surface area contributed by atoms with Crippen LogP contribution in [0.1, 0.15) is 37.0 Å². The minimum absolute atomic E-state index is 0.211. The summed E-state index contributed by atoms with van der Waals surface area (Å²) in [6, 6.07) is 4.93. The molecule has 1 saturated heterocycles. The summed E-state index contributed by atoms with van der Waals surface area (Å²) in [6.45, 7) is 3.36. The van der Waals surface area contributed by atoms with Gasteiger partial charge in [0.25, 0.3) is 0 Å². The summed E-state index contributed by atoms with van der Waals surface area (Å²) in [6.07, 6.45) is 2.07. The highest BCUT2D eigenvalue weighted by Crippen LogP contribution is 2.31. The van der Waals surface area contributed by atoms with Gasteiger partial charge < -0.3 is 9.30 Å². The van der Waals surface area contributed by atoms with E-state index in [9.17, 15) is 4.39 Å². The van der Waals surface area contributed by atoms with Gasteiger partial charge in [-0.3, -0.25) is 0 Å². The number of nitrogens with zero attached hydrogens (tertiary/aromatic N) is 2. The molecule has 102 valence electrons. The zero-order chi connectivity index (χ0) is 13.4. The molecule has 1 aliphatic heterocycles. The van der Waals surface area contributed by atoms with Crippen molar-refractivity contribution in [2.24, 2.45) is 0 Å². The Kier molecular flexibility index (Phi) is 3.46. The second-order valence-electron chi connectivity index (χ2n) is 4.96. The van der Waals surface area contributed by atoms with E-state index in [-0.39, 0.29) is 17.2 Å². The highest BCUT2D eigenvalue weighted by atomic mass is 35.5. The smallest absolute Gasteiger partial charge is 0.128 e. The lowest BCUT2D eigenvalue weighted by atomic mass is 10.1. The number of fused-ring (bicyclic) bond motifs is 1. The van der Waals surface area contributed by atoms with Crippen LogP contribution in [0.4, 0.5) is 4.39 Å². The summed E-state index contributed by atoms with van der Waals surface area (Å²) in [7, 11) is 0. The molecule has 2 heterocycles. The minimum atomic E-state index is -0.272. The lowest BCUT2D eigenvalue weighted by Gasteiger charge is -2.26. The molecule has 2 aromatic rings. The van der Waals surface area contributed by atoms with Gasteiger partial charge >= 0.3 is 0 Å². The number of hydrogen-bond acceptors (Lipinski definition) is 2. The molecule has 1 aromatic carbocycles. The number of halogens is 2. The van der Waals surface area contributed by atoms with Crippen LogP contribution in [0.3, 0.4) is 0 Å². The molecule has 0 N–H and O–H groups in total. The Morgan fingerprint density at radius 1 is 1.53 bits per heavy atom. The molecule has 2 unspecified atom stereocenters. The molecule has 1 aromatic heterocycles. The van der Waals surface area contributed by atoms with Gasteiger partial charge in [-0.2, -0.15) is 0 Å². The Bertz CT molecular complexity index is 590. The maximum absolute atomic E-state index is 13.3. The van der Waals surface area contributed by atoms with Crippen LogP contribution >= 0.6 is 11.6 Å². The Hall–Kier alpha value is -1.13. The third-order valence-corrected chi connectivity index (χ3v) is 3.73. The molecule has 0 aliphatic carbocycles. The maximum atomic E-state index is 13.3. The fraction of sp³-hybridized carbons (Fsp3) is 0.500. The molecule has 5 heteroatoms. The lowest BCUT2D eigenvalue weighted by Crippen LogP contribution is -2.23. The van der Waals surface area contributed by atoms with Gasteiger partial charge in [0, 0.05) is 12.7 Å². The first kappa shape index (κ1) is 12.9. The van der Waals surface area contributed by atoms with E-state index in [1.54, 1.807) is 6.07 Å². The average molecular weight is 283 g/mol. The van der Waals surface area contributed by atoms with Gasteiger partial charge in [-0.25, -0.2) is 9.37 Å². The number of rotatable bonds is 2. The minimum Gasteiger partial charge on any atom is -0.379 e. The summed E-state index contributed by atoms with van der Waals surface area (Å²) in [5.41, 5.74) is 1.59. The standard InChI is InChI=1S/C14H16ClFN2O/c1-9(15)14-17-12-7-10(16)4-5-13(12)18(14)11-3-2-6-19-8-11/h4-5,7,9,11H,2-3,6,8H2,1H3. The first-order valence-corrected chi connectivity index (χ1v) is 6.99. The fourth-order valence-electron chi connectivity index (χ4n) is 2.68. The summed E-state index contributed by atoms with van der Waals surface area (Å²) in [4.78, 5) is 4.48. The maximum Gasteiger partial charge on any atom is 0.128 e. The van der Waals surface area contributed by atoms with Crippen LogP contribution in [0.2, 0.25) is 0 Å². The van der Waals surface area contributed by atoms with E-state index in [4.69, 9.17) is 16.3 Å². The van der Waals surface area contributed by atoms with Crippen LogP contribution < -0.4 is 0 Å². The van der Waals surface area contributed by atoms with E-state index in [0.29, 0.717) is 12.1 Å². The SMILES string of the molecule is CC(Cl)c1nc2cc(F)ccc2n1C1CCCOC1. The predicted molar refractivity (Wildman–Crippen MR) is 73.0 cm³/mol. The molecule has 0 bridgehead atoms. The highest BCUT2D eigenvalue weighted by molar-refractivity contribution is 6.20. The van der Waals surface area contributed by atoms with Crippen molar-refractivity contribution in [2.75, 3.05) is 13.2 Å². The summed E-state index contributed by atoms with van der Waals surface area (Å²) >= 11 is 6.22. The van der Waals surface area contributed by atoms with Crippen LogP contribution in [-0.2, 0) is 4.74 Å². The molecule has 19 heavy (non-hydrogen) atoms. The highest BCUT2D eigenvalue weighted by Gasteiger charge is 2.23. The second-order valence-corrected chi connectivity index (χ2v) is 5.61. The van der Waals surface area contributed by atoms with Crippen LogP contribution in [0.25, 0.3) is 11.0 Å². The van der Waals surface area contributed by atoms with E-state index < -0.39 is 0 Å². The second kappa shape index (κ2) is 5.10. The topological polar surface area (TPSA) is 27.1 Å². The summed E-state index contributed by atoms with van der Waals surface area (Å²) in [5.74, 6) is 0.517. The van der Waals surface area contributed by atoms with Gasteiger partial charge in [-0.05, 0) is 31.9 Å². The van der Waals surface area contributed by atoms with E-state index in [1.807, 2.05) is 6.92 Å². The lowest BCUT2D eigenvalue weighted by molar-refractivity contribution is 0.0595. The number of aromatic nitrogens is 2. The first-order chi connectivity index (χ1) is 9.16. The van der Waals surface area contributed by atoms with Crippen molar-refractivity contribution < 1.29 is 9.13 Å². The van der Waals surface area contributed by atoms with E-state index in [1.165, 1.54) is 12.1 Å². The van der Waals surface area contributed by atoms with Crippen LogP contribution in [0.5, 0.6) is 0 Å². The van der Waals surface area contributed by atoms with E-state index in [2.05, 4.69) is 9.55 Å². The van der Waals surface area contributed by atoms with Crippen molar-refractivity contribution >= 4 is 22.6 Å². The van der Waals surface area contributed by atoms with Gasteiger partial charge in [0.2, 0.25) is 0 Å². The molecule has 0 amide bonds. The Balaban J connectivity index is 2.15. The summed E-state index contributed by atoms with van der Waals surface area (Å²) < 4.78 is 21.0. The molecule has 1 aliphatic rings. The number of imidazole rings is 1. The predicted octanol–water partition coefficient (Wildman–Crippen LogP) is 3.83. The van der Waals surface area contributed by atoms with Crippen molar-refractivity contribution in [1.29, 1.82) is 0 Å². The monoisotopic (exact) mass is 282 g/mol. The van der Waals surface area contributed by atoms with Crippen molar-refractivity contribution in [3.8, 4) is 0 Å². The van der Waals surface area contributed by atoms with Crippen molar-refractivity contribution in [1.82, 2.24) is 9.55 Å². The molecular weight excluding hydrogens is 267 g/mol. The van der Waals surface area contributed by atoms with Gasteiger partial charge in [-0.15, -0.1) is 11.6 Å². The third kappa shape index (κ3) is 2.35. The number of hydrogen-bond donors (Lipinski definition) is 0. The number of ether oxygens (including phenoxy) is 1. The zero-order valence-corrected chi connectivity index (χ0v) is 11.5. The van der Waals surface area contributed by atoms with Gasteiger partial charge in [0.05, 0.1) is 29.1 Å². The van der Waals surface area contributed by atoms with Crippen LogP contribution in [-0.4, -0.2) is 22.8 Å². The van der Waals surface area contributed by atoms with Crippen molar-refractivity contribution in [3.63, 3.8) is 0 Å². The molecule has 0 radical (unpaired) electrons. The van der Waals surface area contributed by atoms with Gasteiger partial charge in [0.15, 0.2) is 0 Å². The summed E-state index contributed by atoms with van der Waals surface area (Å²) in [5, 5.41) is -0.211. The van der Waals surface area contributed by atoms with Crippen molar-refractivity contribution in [2.45, 2.75) is 31.2 Å². The van der Waals surface area contributed by atoms with Gasteiger partial charge in [0.1, 0.15) is 11.6 Å². The molecule has 0 saturated carbocycles. The largest absolute Gasteiger partial charge is 0.379 e. The molecule has 3 nitrogen and oxygen atoms in total. The average Bonchev–Trinajstić information content (AvgIpc) is 2.78. The number of benzene rings is 1. The molecular formula is C14H16ClFN2O. The van der Waals surface area contributed by atoms with E-state index in [0.717, 1.165) is 30.8 Å². The Morgan fingerprint density at radius 2 is 2.37 bits per heavy atom. The normalized spacial score (nSPS) is 21.7. The van der Waals surface area contributed by atoms with E-state index >= 15 is 0 Å².